The lowest BCUT2D eigenvalue weighted by atomic mass is 9.98. The van der Waals surface area contributed by atoms with Gasteiger partial charge in [-0.15, -0.1) is 0 Å². The number of amides is 5. The molecule has 5 amide bonds. The van der Waals surface area contributed by atoms with Crippen molar-refractivity contribution >= 4 is 35.7 Å². The van der Waals surface area contributed by atoms with Gasteiger partial charge >= 0.3 is 12.1 Å². The third kappa shape index (κ3) is 13.5. The SMILES string of the molecule is CCC[C@H](NC(=O)OCc1ccccc1)C(=O)N[C@@H](CC(N)=O)C(=O)N[C@@H](CO)[C@@H](O)[C@@H](O)[C@H](O)C(=O)N[C@@H](CC(=O)O)c1ccccc1. The van der Waals surface area contributed by atoms with Gasteiger partial charge < -0.3 is 57.3 Å². The van der Waals surface area contributed by atoms with Crippen molar-refractivity contribution in [2.24, 2.45) is 5.73 Å². The standard InChI is InChI=1S/C32H43N5O12/c1-2-9-20(37-32(48)49-17-18-10-5-3-6-11-18)29(45)35-22(14-24(33)39)30(46)36-23(16-38)26(42)27(43)28(44)31(47)34-21(15-25(40)41)19-12-7-4-8-13-19/h3-8,10-13,20-23,26-28,38,42-44H,2,9,14-17H2,1H3,(H2,33,39)(H,34,47)(H,35,45)(H,36,46)(H,37,48)(H,40,41)/t20-,21-,22-,23-,26+,27+,28-/m0/s1. The smallest absolute Gasteiger partial charge is 0.408 e. The highest BCUT2D eigenvalue weighted by Crippen LogP contribution is 2.18. The summed E-state index contributed by atoms with van der Waals surface area (Å²) in [5.41, 5.74) is 6.33. The van der Waals surface area contributed by atoms with Crippen LogP contribution in [-0.2, 0) is 35.3 Å². The molecule has 0 aliphatic rings. The number of hydrogen-bond acceptors (Lipinski definition) is 11. The quantitative estimate of drug-likeness (QED) is 0.0747. The average Bonchev–Trinajstić information content (AvgIpc) is 3.08. The number of ether oxygens (including phenoxy) is 1. The largest absolute Gasteiger partial charge is 0.481 e. The van der Waals surface area contributed by atoms with Gasteiger partial charge in [-0.3, -0.25) is 24.0 Å². The summed E-state index contributed by atoms with van der Waals surface area (Å²) >= 11 is 0. The molecule has 17 nitrogen and oxygen atoms in total. The molecule has 0 fully saturated rings. The van der Waals surface area contributed by atoms with Crippen LogP contribution in [0, 0.1) is 0 Å². The van der Waals surface area contributed by atoms with Crippen LogP contribution in [0.25, 0.3) is 0 Å². The van der Waals surface area contributed by atoms with Gasteiger partial charge in [-0.1, -0.05) is 74.0 Å². The summed E-state index contributed by atoms with van der Waals surface area (Å²) in [5.74, 6) is -5.60. The fraction of sp³-hybridized carbons (Fsp3) is 0.438. The van der Waals surface area contributed by atoms with Gasteiger partial charge in [0.1, 0.15) is 30.9 Å². The van der Waals surface area contributed by atoms with E-state index in [4.69, 9.17) is 10.5 Å². The van der Waals surface area contributed by atoms with Crippen LogP contribution in [0.3, 0.4) is 0 Å². The molecule has 0 aliphatic carbocycles. The summed E-state index contributed by atoms with van der Waals surface area (Å²) in [7, 11) is 0. The lowest BCUT2D eigenvalue weighted by molar-refractivity contribution is -0.145. The summed E-state index contributed by atoms with van der Waals surface area (Å²) in [6, 6.07) is 10.9. The predicted molar refractivity (Wildman–Crippen MR) is 171 cm³/mol. The van der Waals surface area contributed by atoms with Crippen molar-refractivity contribution in [3.05, 3.63) is 71.8 Å². The Bertz CT molecular complexity index is 1400. The zero-order valence-electron chi connectivity index (χ0n) is 26.7. The van der Waals surface area contributed by atoms with E-state index in [9.17, 15) is 54.3 Å². The second kappa shape index (κ2) is 20.3. The number of hydrogen-bond donors (Lipinski definition) is 10. The summed E-state index contributed by atoms with van der Waals surface area (Å²) in [6.07, 6.45) is -8.59. The first kappa shape index (κ1) is 40.1. The molecule has 0 spiro atoms. The van der Waals surface area contributed by atoms with Gasteiger partial charge in [0.05, 0.1) is 31.5 Å². The fourth-order valence-electron chi connectivity index (χ4n) is 4.62. The minimum Gasteiger partial charge on any atom is -0.481 e. The van der Waals surface area contributed by atoms with E-state index in [0.29, 0.717) is 17.5 Å². The number of aliphatic hydroxyl groups excluding tert-OH is 4. The number of aliphatic hydroxyl groups is 4. The maximum atomic E-state index is 13.1. The Labute approximate surface area is 281 Å². The summed E-state index contributed by atoms with van der Waals surface area (Å²) in [5, 5.41) is 59.9. The van der Waals surface area contributed by atoms with Crippen LogP contribution in [0.2, 0.25) is 0 Å². The zero-order valence-corrected chi connectivity index (χ0v) is 26.7. The van der Waals surface area contributed by atoms with Crippen molar-refractivity contribution in [1.82, 2.24) is 21.3 Å². The van der Waals surface area contributed by atoms with Gasteiger partial charge in [0.25, 0.3) is 5.91 Å². The minimum atomic E-state index is -2.36. The molecule has 0 aliphatic heterocycles. The average molecular weight is 690 g/mol. The second-order valence-corrected chi connectivity index (χ2v) is 11.1. The Balaban J connectivity index is 2.08. The third-order valence-corrected chi connectivity index (χ3v) is 7.21. The van der Waals surface area contributed by atoms with Crippen LogP contribution < -0.4 is 27.0 Å². The molecule has 0 radical (unpaired) electrons. The fourth-order valence-corrected chi connectivity index (χ4v) is 4.62. The molecule has 2 aromatic rings. The topological polar surface area (TPSA) is 287 Å². The van der Waals surface area contributed by atoms with Gasteiger partial charge in [-0.05, 0) is 17.5 Å². The van der Waals surface area contributed by atoms with Crippen LogP contribution >= 0.6 is 0 Å². The molecule has 7 atom stereocenters. The van der Waals surface area contributed by atoms with Crippen LogP contribution in [0.15, 0.2) is 60.7 Å². The van der Waals surface area contributed by atoms with E-state index >= 15 is 0 Å². The van der Waals surface area contributed by atoms with Crippen LogP contribution in [0.4, 0.5) is 4.79 Å². The van der Waals surface area contributed by atoms with Crippen molar-refractivity contribution in [2.75, 3.05) is 6.61 Å². The monoisotopic (exact) mass is 689 g/mol. The molecule has 2 rings (SSSR count). The molecule has 2 aromatic carbocycles. The Hall–Kier alpha value is -5.10. The summed E-state index contributed by atoms with van der Waals surface area (Å²) in [6.45, 7) is 0.601. The summed E-state index contributed by atoms with van der Waals surface area (Å²) in [4.78, 5) is 74.4. The number of nitrogens with one attached hydrogen (secondary N) is 4. The first-order valence-electron chi connectivity index (χ1n) is 15.4. The van der Waals surface area contributed by atoms with E-state index < -0.39 is 97.6 Å². The highest BCUT2D eigenvalue weighted by Gasteiger charge is 2.38. The molecule has 0 heterocycles. The highest BCUT2D eigenvalue weighted by molar-refractivity contribution is 5.94. The zero-order chi connectivity index (χ0) is 36.5. The van der Waals surface area contributed by atoms with Gasteiger partial charge in [-0.2, -0.15) is 0 Å². The molecule has 0 saturated carbocycles. The molecule has 268 valence electrons. The predicted octanol–water partition coefficient (Wildman–Crippen LogP) is -1.67. The van der Waals surface area contributed by atoms with E-state index in [1.165, 1.54) is 12.1 Å². The Morgan fingerprint density at radius 3 is 1.90 bits per heavy atom. The molecule has 11 N–H and O–H groups in total. The number of nitrogens with two attached hydrogens (primary N) is 1. The third-order valence-electron chi connectivity index (χ3n) is 7.21. The second-order valence-electron chi connectivity index (χ2n) is 11.1. The first-order valence-corrected chi connectivity index (χ1v) is 15.4. The van der Waals surface area contributed by atoms with Crippen LogP contribution in [-0.4, -0.2) is 104 Å². The lowest BCUT2D eigenvalue weighted by Crippen LogP contribution is -2.60. The van der Waals surface area contributed by atoms with Crippen molar-refractivity contribution < 1.29 is 59.0 Å². The van der Waals surface area contributed by atoms with E-state index in [1.54, 1.807) is 55.5 Å². The number of benzene rings is 2. The Morgan fingerprint density at radius 1 is 0.755 bits per heavy atom. The number of carbonyl (C=O) groups excluding carboxylic acids is 5. The van der Waals surface area contributed by atoms with E-state index in [0.717, 1.165) is 0 Å². The maximum Gasteiger partial charge on any atom is 0.408 e. The van der Waals surface area contributed by atoms with Crippen LogP contribution in [0.1, 0.15) is 49.8 Å². The molecule has 17 heteroatoms. The maximum absolute atomic E-state index is 13.1. The van der Waals surface area contributed by atoms with Crippen molar-refractivity contribution in [2.45, 2.75) is 81.7 Å². The molecule has 0 saturated heterocycles. The number of alkyl carbamates (subject to hydrolysis) is 1. The van der Waals surface area contributed by atoms with Crippen molar-refractivity contribution in [1.29, 1.82) is 0 Å². The lowest BCUT2D eigenvalue weighted by Gasteiger charge is -2.30. The number of primary amides is 1. The summed E-state index contributed by atoms with van der Waals surface area (Å²) < 4.78 is 5.15. The van der Waals surface area contributed by atoms with Crippen molar-refractivity contribution in [3.63, 3.8) is 0 Å². The molecule has 0 aromatic heterocycles. The molecule has 0 unspecified atom stereocenters. The Kier molecular flexibility index (Phi) is 16.6. The first-order chi connectivity index (χ1) is 23.3. The van der Waals surface area contributed by atoms with E-state index in [-0.39, 0.29) is 13.0 Å². The van der Waals surface area contributed by atoms with E-state index in [2.05, 4.69) is 21.3 Å². The number of carbonyl (C=O) groups is 6. The van der Waals surface area contributed by atoms with Gasteiger partial charge in [0, 0.05) is 0 Å². The normalized spacial score (nSPS) is 15.2. The highest BCUT2D eigenvalue weighted by atomic mass is 16.5. The Morgan fingerprint density at radius 2 is 1.35 bits per heavy atom. The molecular formula is C32H43N5O12. The molecule has 49 heavy (non-hydrogen) atoms. The van der Waals surface area contributed by atoms with Gasteiger partial charge in [0.15, 0.2) is 6.10 Å². The number of carboxylic acid groups (broad SMARTS) is 1. The van der Waals surface area contributed by atoms with Gasteiger partial charge in [0.2, 0.25) is 17.7 Å². The van der Waals surface area contributed by atoms with Crippen LogP contribution in [0.5, 0.6) is 0 Å². The van der Waals surface area contributed by atoms with E-state index in [1.807, 2.05) is 0 Å². The molecular weight excluding hydrogens is 646 g/mol. The van der Waals surface area contributed by atoms with Crippen molar-refractivity contribution in [3.8, 4) is 0 Å². The number of aliphatic carboxylic acids is 1. The minimum absolute atomic E-state index is 0.0805. The van der Waals surface area contributed by atoms with Gasteiger partial charge in [-0.25, -0.2) is 4.79 Å². The number of carboxylic acids is 1. The molecule has 0 bridgehead atoms. The number of rotatable bonds is 20.